The molecule has 0 saturated heterocycles. The van der Waals surface area contributed by atoms with Gasteiger partial charge in [-0.1, -0.05) is 11.6 Å². The minimum Gasteiger partial charge on any atom is -0.485 e. The van der Waals surface area contributed by atoms with Crippen LogP contribution in [-0.2, 0) is 6.61 Å². The molecule has 0 saturated carbocycles. The molecule has 3 nitrogen and oxygen atoms in total. The number of benzene rings is 1. The van der Waals surface area contributed by atoms with Gasteiger partial charge in [-0.2, -0.15) is 0 Å². The Morgan fingerprint density at radius 1 is 1.22 bits per heavy atom. The lowest BCUT2D eigenvalue weighted by molar-refractivity contribution is 0.293. The summed E-state index contributed by atoms with van der Waals surface area (Å²) in [5.74, 6) is 0.830. The molecular weight excluding hydrogens is 255 g/mol. The van der Waals surface area contributed by atoms with E-state index in [-0.39, 0.29) is 12.4 Å². The lowest BCUT2D eigenvalue weighted by Gasteiger charge is -2.08. The van der Waals surface area contributed by atoms with Gasteiger partial charge < -0.3 is 4.74 Å². The van der Waals surface area contributed by atoms with Crippen LogP contribution in [-0.4, -0.2) is 9.97 Å². The molecule has 0 atom stereocenters. The molecule has 0 aliphatic heterocycles. The summed E-state index contributed by atoms with van der Waals surface area (Å²) in [5, 5.41) is 0.386. The first-order valence-electron chi connectivity index (χ1n) is 5.43. The number of halogens is 2. The highest BCUT2D eigenvalue weighted by Gasteiger charge is 2.04. The minimum absolute atomic E-state index is 0.202. The van der Waals surface area contributed by atoms with Gasteiger partial charge in [0, 0.05) is 5.69 Å². The molecular formula is C13H12ClFN2O. The maximum atomic E-state index is 12.9. The lowest BCUT2D eigenvalue weighted by atomic mass is 10.2. The van der Waals surface area contributed by atoms with Gasteiger partial charge in [0.2, 0.25) is 0 Å². The van der Waals surface area contributed by atoms with Crippen molar-refractivity contribution in [3.05, 3.63) is 52.3 Å². The average molecular weight is 267 g/mol. The molecule has 0 bridgehead atoms. The second-order valence-corrected chi connectivity index (χ2v) is 4.33. The molecule has 2 aromatic rings. The summed E-state index contributed by atoms with van der Waals surface area (Å²) < 4.78 is 18.5. The van der Waals surface area contributed by atoms with E-state index in [4.69, 9.17) is 16.3 Å². The van der Waals surface area contributed by atoms with E-state index >= 15 is 0 Å². The zero-order chi connectivity index (χ0) is 13.1. The Morgan fingerprint density at radius 3 is 2.67 bits per heavy atom. The quantitative estimate of drug-likeness (QED) is 0.798. The Labute approximate surface area is 110 Å². The number of aromatic nitrogens is 2. The topological polar surface area (TPSA) is 35.0 Å². The first-order chi connectivity index (χ1) is 8.54. The van der Waals surface area contributed by atoms with E-state index in [1.165, 1.54) is 12.1 Å². The standard InChI is InChI=1S/C13H12ClFN2O/c1-8-5-10(15)3-4-11(8)18-7-13-16-9(2)6-12(14)17-13/h3-6H,7H2,1-2H3. The molecule has 94 valence electrons. The Kier molecular flexibility index (Phi) is 3.77. The molecule has 0 spiro atoms. The average Bonchev–Trinajstić information content (AvgIpc) is 2.26. The van der Waals surface area contributed by atoms with Gasteiger partial charge in [0.25, 0.3) is 0 Å². The monoisotopic (exact) mass is 266 g/mol. The van der Waals surface area contributed by atoms with Gasteiger partial charge in [-0.25, -0.2) is 14.4 Å². The molecule has 0 aliphatic rings. The maximum Gasteiger partial charge on any atom is 0.167 e. The van der Waals surface area contributed by atoms with Gasteiger partial charge in [0.1, 0.15) is 23.3 Å². The summed E-state index contributed by atoms with van der Waals surface area (Å²) in [7, 11) is 0. The second-order valence-electron chi connectivity index (χ2n) is 3.95. The van der Waals surface area contributed by atoms with Crippen LogP contribution in [0.3, 0.4) is 0 Å². The summed E-state index contributed by atoms with van der Waals surface area (Å²) >= 11 is 5.83. The molecule has 0 unspecified atom stereocenters. The molecule has 2 rings (SSSR count). The van der Waals surface area contributed by atoms with Gasteiger partial charge in [-0.05, 0) is 43.7 Å². The second kappa shape index (κ2) is 5.31. The van der Waals surface area contributed by atoms with E-state index in [1.807, 2.05) is 6.92 Å². The number of aryl methyl sites for hydroxylation is 2. The Bertz CT molecular complexity index is 555. The third-order valence-electron chi connectivity index (χ3n) is 2.36. The largest absolute Gasteiger partial charge is 0.485 e. The minimum atomic E-state index is -0.283. The smallest absolute Gasteiger partial charge is 0.167 e. The summed E-state index contributed by atoms with van der Waals surface area (Å²) in [4.78, 5) is 8.25. The van der Waals surface area contributed by atoms with Crippen LogP contribution in [0.1, 0.15) is 17.1 Å². The van der Waals surface area contributed by atoms with Gasteiger partial charge in [0.05, 0.1) is 0 Å². The van der Waals surface area contributed by atoms with Crippen molar-refractivity contribution in [3.8, 4) is 5.75 Å². The Hall–Kier alpha value is -1.68. The SMILES string of the molecule is Cc1cc(Cl)nc(COc2ccc(F)cc2C)n1. The molecule has 0 amide bonds. The number of rotatable bonds is 3. The zero-order valence-electron chi connectivity index (χ0n) is 10.1. The maximum absolute atomic E-state index is 12.9. The van der Waals surface area contributed by atoms with Crippen molar-refractivity contribution in [1.29, 1.82) is 0 Å². The van der Waals surface area contributed by atoms with Crippen LogP contribution >= 0.6 is 11.6 Å². The first kappa shape index (κ1) is 12.8. The summed E-state index contributed by atoms with van der Waals surface area (Å²) in [6.45, 7) is 3.82. The third kappa shape index (κ3) is 3.17. The summed E-state index contributed by atoms with van der Waals surface area (Å²) in [6.07, 6.45) is 0. The van der Waals surface area contributed by atoms with Crippen LogP contribution in [0, 0.1) is 19.7 Å². The van der Waals surface area contributed by atoms with Crippen LogP contribution in [0.15, 0.2) is 24.3 Å². The van der Waals surface area contributed by atoms with Crippen LogP contribution < -0.4 is 4.74 Å². The Balaban J connectivity index is 2.11. The van der Waals surface area contributed by atoms with Crippen molar-refractivity contribution >= 4 is 11.6 Å². The normalized spacial score (nSPS) is 10.4. The van der Waals surface area contributed by atoms with Gasteiger partial charge >= 0.3 is 0 Å². The number of nitrogens with zero attached hydrogens (tertiary/aromatic N) is 2. The highest BCUT2D eigenvalue weighted by Crippen LogP contribution is 2.19. The molecule has 5 heteroatoms. The van der Waals surface area contributed by atoms with Crippen molar-refractivity contribution in [2.75, 3.05) is 0 Å². The zero-order valence-corrected chi connectivity index (χ0v) is 10.8. The first-order valence-corrected chi connectivity index (χ1v) is 5.81. The van der Waals surface area contributed by atoms with Gasteiger partial charge in [-0.15, -0.1) is 0 Å². The molecule has 0 N–H and O–H groups in total. The highest BCUT2D eigenvalue weighted by molar-refractivity contribution is 6.29. The van der Waals surface area contributed by atoms with Crippen LogP contribution in [0.4, 0.5) is 4.39 Å². The van der Waals surface area contributed by atoms with Gasteiger partial charge in [-0.3, -0.25) is 0 Å². The van der Waals surface area contributed by atoms with Gasteiger partial charge in [0.15, 0.2) is 5.82 Å². The third-order valence-corrected chi connectivity index (χ3v) is 2.56. The predicted molar refractivity (Wildman–Crippen MR) is 67.2 cm³/mol. The summed E-state index contributed by atoms with van der Waals surface area (Å²) in [5.41, 5.74) is 1.51. The highest BCUT2D eigenvalue weighted by atomic mass is 35.5. The number of hydrogen-bond donors (Lipinski definition) is 0. The van der Waals surface area contributed by atoms with E-state index in [0.29, 0.717) is 16.7 Å². The van der Waals surface area contributed by atoms with Crippen LogP contribution in [0.25, 0.3) is 0 Å². The molecule has 0 fully saturated rings. The van der Waals surface area contributed by atoms with Crippen LogP contribution in [0.2, 0.25) is 5.15 Å². The molecule has 0 aliphatic carbocycles. The number of hydrogen-bond acceptors (Lipinski definition) is 3. The number of ether oxygens (including phenoxy) is 1. The fourth-order valence-electron chi connectivity index (χ4n) is 1.57. The van der Waals surface area contributed by atoms with Crippen molar-refractivity contribution < 1.29 is 9.13 Å². The van der Waals surface area contributed by atoms with Crippen molar-refractivity contribution in [2.45, 2.75) is 20.5 Å². The van der Waals surface area contributed by atoms with Crippen molar-refractivity contribution in [1.82, 2.24) is 9.97 Å². The molecule has 18 heavy (non-hydrogen) atoms. The van der Waals surface area contributed by atoms with E-state index in [2.05, 4.69) is 9.97 Å². The van der Waals surface area contributed by atoms with E-state index in [1.54, 1.807) is 19.1 Å². The van der Waals surface area contributed by atoms with Crippen LogP contribution in [0.5, 0.6) is 5.75 Å². The fourth-order valence-corrected chi connectivity index (χ4v) is 1.83. The van der Waals surface area contributed by atoms with E-state index in [0.717, 1.165) is 11.3 Å². The molecule has 1 aromatic carbocycles. The van der Waals surface area contributed by atoms with Crippen molar-refractivity contribution in [3.63, 3.8) is 0 Å². The molecule has 1 heterocycles. The molecule has 0 radical (unpaired) electrons. The Morgan fingerprint density at radius 2 is 2.00 bits per heavy atom. The summed E-state index contributed by atoms with van der Waals surface area (Å²) in [6, 6.07) is 6.03. The lowest BCUT2D eigenvalue weighted by Crippen LogP contribution is -2.03. The fraction of sp³-hybridized carbons (Fsp3) is 0.231. The van der Waals surface area contributed by atoms with E-state index in [9.17, 15) is 4.39 Å². The van der Waals surface area contributed by atoms with Crippen molar-refractivity contribution in [2.24, 2.45) is 0 Å². The van der Waals surface area contributed by atoms with E-state index < -0.39 is 0 Å². The molecule has 1 aromatic heterocycles. The predicted octanol–water partition coefficient (Wildman–Crippen LogP) is 3.46.